The highest BCUT2D eigenvalue weighted by Gasteiger charge is 2.37. The van der Waals surface area contributed by atoms with Crippen LogP contribution in [-0.4, -0.2) is 30.3 Å². The number of nitrogen functional groups attached to an aromatic ring is 1. The summed E-state index contributed by atoms with van der Waals surface area (Å²) < 4.78 is 27.2. The molecule has 0 amide bonds. The Morgan fingerprint density at radius 3 is 2.75 bits per heavy atom. The summed E-state index contributed by atoms with van der Waals surface area (Å²) in [5.74, 6) is 6.35. The van der Waals surface area contributed by atoms with Gasteiger partial charge in [0.15, 0.2) is 0 Å². The van der Waals surface area contributed by atoms with Crippen LogP contribution in [0, 0.1) is 11.8 Å². The Morgan fingerprint density at radius 2 is 2.10 bits per heavy atom. The summed E-state index contributed by atoms with van der Waals surface area (Å²) in [6, 6.07) is 2.97. The third-order valence-electron chi connectivity index (χ3n) is 4.03. The van der Waals surface area contributed by atoms with Gasteiger partial charge in [0, 0.05) is 24.8 Å². The number of hydrazine groups is 1. The van der Waals surface area contributed by atoms with Crippen LogP contribution in [0.1, 0.15) is 27.2 Å². The molecule has 6 nitrogen and oxygen atoms in total. The van der Waals surface area contributed by atoms with Crippen molar-refractivity contribution in [2.45, 2.75) is 38.1 Å². The molecule has 1 aromatic rings. The lowest BCUT2D eigenvalue weighted by molar-refractivity contribution is 0.157. The molecule has 0 bridgehead atoms. The van der Waals surface area contributed by atoms with Crippen molar-refractivity contribution in [3.63, 3.8) is 0 Å². The minimum Gasteiger partial charge on any atom is -0.308 e. The molecular weight excluding hydrogens is 276 g/mol. The first-order valence-electron chi connectivity index (χ1n) is 6.80. The van der Waals surface area contributed by atoms with Gasteiger partial charge in [-0.3, -0.25) is 0 Å². The van der Waals surface area contributed by atoms with Crippen molar-refractivity contribution in [1.82, 2.24) is 9.29 Å². The van der Waals surface area contributed by atoms with E-state index >= 15 is 0 Å². The fourth-order valence-corrected chi connectivity index (χ4v) is 4.63. The summed E-state index contributed by atoms with van der Waals surface area (Å²) in [5, 5.41) is 0. The Morgan fingerprint density at radius 1 is 1.40 bits per heavy atom. The molecule has 1 saturated heterocycles. The Hall–Kier alpha value is -1.18. The predicted octanol–water partition coefficient (Wildman–Crippen LogP) is 1.42. The summed E-state index contributed by atoms with van der Waals surface area (Å²) >= 11 is 0. The number of aromatic nitrogens is 1. The molecule has 1 aromatic heterocycles. The summed E-state index contributed by atoms with van der Waals surface area (Å²) in [4.78, 5) is 4.18. The molecule has 1 fully saturated rings. The number of sulfonamides is 1. The van der Waals surface area contributed by atoms with Crippen LogP contribution in [0.2, 0.25) is 0 Å². The Kier molecular flexibility index (Phi) is 4.31. The van der Waals surface area contributed by atoms with Gasteiger partial charge in [0.25, 0.3) is 0 Å². The molecule has 1 aliphatic heterocycles. The third kappa shape index (κ3) is 2.79. The van der Waals surface area contributed by atoms with Gasteiger partial charge < -0.3 is 5.43 Å². The van der Waals surface area contributed by atoms with Crippen molar-refractivity contribution in [3.8, 4) is 0 Å². The smallest absolute Gasteiger partial charge is 0.243 e. The lowest BCUT2D eigenvalue weighted by Crippen LogP contribution is -2.48. The van der Waals surface area contributed by atoms with Crippen molar-refractivity contribution >= 4 is 15.8 Å². The second-order valence-electron chi connectivity index (χ2n) is 5.65. The zero-order valence-electron chi connectivity index (χ0n) is 12.1. The van der Waals surface area contributed by atoms with E-state index in [4.69, 9.17) is 5.84 Å². The van der Waals surface area contributed by atoms with Gasteiger partial charge in [-0.2, -0.15) is 4.31 Å². The lowest BCUT2D eigenvalue weighted by atomic mass is 9.88. The maximum Gasteiger partial charge on any atom is 0.243 e. The number of rotatable bonds is 3. The summed E-state index contributed by atoms with van der Waals surface area (Å²) in [5.41, 5.74) is 2.38. The number of pyridine rings is 1. The largest absolute Gasteiger partial charge is 0.308 e. The number of nitrogens with zero attached hydrogens (tertiary/aromatic N) is 2. The zero-order valence-corrected chi connectivity index (χ0v) is 12.9. The van der Waals surface area contributed by atoms with Gasteiger partial charge in [-0.15, -0.1) is 0 Å². The molecule has 3 unspecified atom stereocenters. The average Bonchev–Trinajstić information content (AvgIpc) is 2.42. The van der Waals surface area contributed by atoms with E-state index in [0.717, 1.165) is 6.42 Å². The number of anilines is 1. The number of nitrogens with one attached hydrogen (secondary N) is 1. The average molecular weight is 298 g/mol. The quantitative estimate of drug-likeness (QED) is 0.651. The van der Waals surface area contributed by atoms with E-state index in [1.807, 2.05) is 6.92 Å². The van der Waals surface area contributed by atoms with Gasteiger partial charge in [0.2, 0.25) is 10.0 Å². The van der Waals surface area contributed by atoms with Gasteiger partial charge in [-0.1, -0.05) is 13.8 Å². The normalized spacial score (nSPS) is 28.3. The zero-order chi connectivity index (χ0) is 14.9. The first kappa shape index (κ1) is 15.2. The van der Waals surface area contributed by atoms with E-state index in [2.05, 4.69) is 24.3 Å². The van der Waals surface area contributed by atoms with E-state index < -0.39 is 10.0 Å². The highest BCUT2D eigenvalue weighted by molar-refractivity contribution is 7.89. The Labute approximate surface area is 120 Å². The van der Waals surface area contributed by atoms with Crippen molar-refractivity contribution in [1.29, 1.82) is 0 Å². The highest BCUT2D eigenvalue weighted by Crippen LogP contribution is 2.31. The van der Waals surface area contributed by atoms with Gasteiger partial charge in [0.05, 0.1) is 4.90 Å². The van der Waals surface area contributed by atoms with E-state index in [9.17, 15) is 8.42 Å². The Balaban J connectivity index is 2.38. The second-order valence-corrected chi connectivity index (χ2v) is 7.55. The van der Waals surface area contributed by atoms with Crippen molar-refractivity contribution in [2.75, 3.05) is 12.0 Å². The number of hydrogen-bond acceptors (Lipinski definition) is 5. The molecule has 0 aliphatic carbocycles. The molecule has 0 radical (unpaired) electrons. The van der Waals surface area contributed by atoms with Crippen molar-refractivity contribution in [3.05, 3.63) is 18.3 Å². The van der Waals surface area contributed by atoms with Crippen LogP contribution in [-0.2, 0) is 10.0 Å². The van der Waals surface area contributed by atoms with Crippen LogP contribution < -0.4 is 11.3 Å². The monoisotopic (exact) mass is 298 g/mol. The number of hydrogen-bond donors (Lipinski definition) is 2. The van der Waals surface area contributed by atoms with Crippen LogP contribution in [0.3, 0.4) is 0 Å². The highest BCUT2D eigenvalue weighted by atomic mass is 32.2. The first-order valence-corrected chi connectivity index (χ1v) is 8.24. The van der Waals surface area contributed by atoms with Crippen LogP contribution >= 0.6 is 0 Å². The second kappa shape index (κ2) is 5.67. The maximum absolute atomic E-state index is 12.8. The fourth-order valence-electron chi connectivity index (χ4n) is 2.77. The van der Waals surface area contributed by atoms with E-state index in [-0.39, 0.29) is 10.9 Å². The Bertz CT molecular complexity index is 575. The van der Waals surface area contributed by atoms with Gasteiger partial charge in [0.1, 0.15) is 5.82 Å². The van der Waals surface area contributed by atoms with Crippen LogP contribution in [0.15, 0.2) is 23.2 Å². The van der Waals surface area contributed by atoms with Crippen molar-refractivity contribution < 1.29 is 8.42 Å². The molecule has 3 N–H and O–H groups in total. The minimum absolute atomic E-state index is 0.00125. The molecule has 3 atom stereocenters. The number of piperidine rings is 1. The molecule has 2 rings (SSSR count). The molecule has 0 spiro atoms. The lowest BCUT2D eigenvalue weighted by Gasteiger charge is -2.39. The molecular formula is C13H22N4O2S. The molecule has 0 aromatic carbocycles. The van der Waals surface area contributed by atoms with Crippen molar-refractivity contribution in [2.24, 2.45) is 17.7 Å². The molecule has 7 heteroatoms. The van der Waals surface area contributed by atoms with E-state index in [1.54, 1.807) is 4.31 Å². The van der Waals surface area contributed by atoms with Gasteiger partial charge in [-0.05, 0) is 31.2 Å². The van der Waals surface area contributed by atoms with Crippen LogP contribution in [0.25, 0.3) is 0 Å². The molecule has 20 heavy (non-hydrogen) atoms. The topological polar surface area (TPSA) is 88.3 Å². The van der Waals surface area contributed by atoms with E-state index in [1.165, 1.54) is 18.3 Å². The van der Waals surface area contributed by atoms with Crippen LogP contribution in [0.4, 0.5) is 5.82 Å². The molecule has 0 saturated carbocycles. The molecule has 2 heterocycles. The van der Waals surface area contributed by atoms with E-state index in [0.29, 0.717) is 24.2 Å². The summed E-state index contributed by atoms with van der Waals surface area (Å²) in [6.07, 6.45) is 2.50. The third-order valence-corrected chi connectivity index (χ3v) is 5.98. The summed E-state index contributed by atoms with van der Waals surface area (Å²) in [6.45, 7) is 6.71. The van der Waals surface area contributed by atoms with Gasteiger partial charge in [-0.25, -0.2) is 19.2 Å². The maximum atomic E-state index is 12.8. The predicted molar refractivity (Wildman–Crippen MR) is 78.3 cm³/mol. The minimum atomic E-state index is -3.51. The fraction of sp³-hybridized carbons (Fsp3) is 0.615. The van der Waals surface area contributed by atoms with Crippen LogP contribution in [0.5, 0.6) is 0 Å². The number of nitrogens with two attached hydrogens (primary N) is 1. The standard InChI is InChI=1S/C13H22N4O2S/c1-9-6-10(2)11(3)17(8-9)20(18,19)12-4-5-15-13(7-12)16-14/h4-5,7,9-11H,6,8,14H2,1-3H3,(H,15,16). The summed E-state index contributed by atoms with van der Waals surface area (Å²) in [7, 11) is -3.51. The first-order chi connectivity index (χ1) is 9.36. The SMILES string of the molecule is CC1CC(C)C(C)N(S(=O)(=O)c2ccnc(NN)c2)C1. The molecule has 112 valence electrons. The molecule has 1 aliphatic rings. The van der Waals surface area contributed by atoms with Gasteiger partial charge >= 0.3 is 0 Å².